The summed E-state index contributed by atoms with van der Waals surface area (Å²) in [5.74, 6) is 1.94. The lowest BCUT2D eigenvalue weighted by Gasteiger charge is -2.16. The van der Waals surface area contributed by atoms with Gasteiger partial charge in [0.1, 0.15) is 23.9 Å². The molecule has 42 heavy (non-hydrogen) atoms. The van der Waals surface area contributed by atoms with Crippen molar-refractivity contribution < 1.29 is 19.0 Å². The van der Waals surface area contributed by atoms with Crippen molar-refractivity contribution in [3.05, 3.63) is 116 Å². The van der Waals surface area contributed by atoms with E-state index in [1.54, 1.807) is 31.3 Å². The van der Waals surface area contributed by atoms with E-state index in [4.69, 9.17) is 42.4 Å². The smallest absolute Gasteiger partial charge is 0.271 e. The second-order valence-electron chi connectivity index (χ2n) is 9.55. The minimum atomic E-state index is -0.192. The molecule has 0 unspecified atom stereocenters. The third-order valence-electron chi connectivity index (χ3n) is 6.66. The van der Waals surface area contributed by atoms with Crippen LogP contribution in [0.4, 0.5) is 11.4 Å². The van der Waals surface area contributed by atoms with Crippen LogP contribution in [-0.2, 0) is 11.4 Å². The van der Waals surface area contributed by atoms with E-state index in [-0.39, 0.29) is 5.91 Å². The van der Waals surface area contributed by atoms with Crippen LogP contribution in [0.2, 0.25) is 10.0 Å². The molecule has 0 saturated carbocycles. The largest absolute Gasteiger partial charge is 0.497 e. The number of amides is 1. The van der Waals surface area contributed by atoms with Crippen LogP contribution < -0.4 is 19.1 Å². The van der Waals surface area contributed by atoms with Crippen LogP contribution in [0.3, 0.4) is 0 Å². The highest BCUT2D eigenvalue weighted by Gasteiger charge is 2.35. The molecule has 6 nitrogen and oxygen atoms in total. The quantitative estimate of drug-likeness (QED) is 0.184. The van der Waals surface area contributed by atoms with Gasteiger partial charge in [0, 0.05) is 15.6 Å². The monoisotopic (exact) mass is 618 g/mol. The Hall–Kier alpha value is -3.91. The summed E-state index contributed by atoms with van der Waals surface area (Å²) in [6, 6.07) is 24.2. The van der Waals surface area contributed by atoms with Crippen LogP contribution in [0.25, 0.3) is 6.08 Å². The maximum atomic E-state index is 13.7. The minimum Gasteiger partial charge on any atom is -0.497 e. The molecule has 4 aromatic rings. The van der Waals surface area contributed by atoms with Crippen LogP contribution in [0.1, 0.15) is 22.3 Å². The number of nitrogens with zero attached hydrogens (tertiary/aromatic N) is 2. The molecular weight excluding hydrogens is 591 g/mol. The number of carbonyl (C=O) groups excluding carboxylic acids is 1. The summed E-state index contributed by atoms with van der Waals surface area (Å²) in [5.41, 5.74) is 4.88. The standard InChI is InChI=1S/C33H28Cl2N2O4S/c1-20-5-9-24(17-28(20)34)36-33-37(25-10-6-21(2)29(35)18-25)32(38)31(42-33)15-22-7-11-26(12-8-22)41-19-23-16-27(39-3)13-14-30(23)40-4/h5-18H,19H2,1-4H3/b31-15-,36-33?. The predicted octanol–water partition coefficient (Wildman–Crippen LogP) is 9.02. The topological polar surface area (TPSA) is 60.4 Å². The van der Waals surface area contributed by atoms with Gasteiger partial charge in [-0.05, 0) is 103 Å². The number of hydrogen-bond donors (Lipinski definition) is 0. The summed E-state index contributed by atoms with van der Waals surface area (Å²) in [6.45, 7) is 4.16. The van der Waals surface area contributed by atoms with Gasteiger partial charge in [0.15, 0.2) is 5.17 Å². The minimum absolute atomic E-state index is 0.192. The van der Waals surface area contributed by atoms with E-state index < -0.39 is 0 Å². The highest BCUT2D eigenvalue weighted by Crippen LogP contribution is 2.39. The Morgan fingerprint density at radius 2 is 1.52 bits per heavy atom. The van der Waals surface area contributed by atoms with Crippen LogP contribution in [0.5, 0.6) is 17.2 Å². The van der Waals surface area contributed by atoms with E-state index in [1.165, 1.54) is 11.8 Å². The van der Waals surface area contributed by atoms with Crippen LogP contribution in [0.15, 0.2) is 88.8 Å². The summed E-state index contributed by atoms with van der Waals surface area (Å²) >= 11 is 14.1. The molecule has 0 bridgehead atoms. The van der Waals surface area contributed by atoms with Gasteiger partial charge in [0.25, 0.3) is 5.91 Å². The van der Waals surface area contributed by atoms with E-state index in [0.29, 0.717) is 43.8 Å². The maximum Gasteiger partial charge on any atom is 0.271 e. The van der Waals surface area contributed by atoms with Crippen molar-refractivity contribution in [2.45, 2.75) is 20.5 Å². The lowest BCUT2D eigenvalue weighted by atomic mass is 10.2. The molecule has 1 saturated heterocycles. The zero-order valence-corrected chi connectivity index (χ0v) is 25.8. The van der Waals surface area contributed by atoms with E-state index in [9.17, 15) is 4.79 Å². The molecule has 0 spiro atoms. The first-order valence-corrected chi connectivity index (χ1v) is 14.6. The van der Waals surface area contributed by atoms with Crippen molar-refractivity contribution in [2.24, 2.45) is 4.99 Å². The fourth-order valence-corrected chi connectivity index (χ4v) is 5.58. The number of thioether (sulfide) groups is 1. The van der Waals surface area contributed by atoms with Crippen LogP contribution >= 0.6 is 35.0 Å². The number of benzene rings is 4. The average molecular weight is 620 g/mol. The molecule has 1 fully saturated rings. The van der Waals surface area contributed by atoms with Crippen LogP contribution in [0, 0.1) is 13.8 Å². The summed E-state index contributed by atoms with van der Waals surface area (Å²) in [6.07, 6.45) is 1.84. The Morgan fingerprint density at radius 1 is 0.833 bits per heavy atom. The van der Waals surface area contributed by atoms with Gasteiger partial charge in [-0.25, -0.2) is 4.99 Å². The Morgan fingerprint density at radius 3 is 2.19 bits per heavy atom. The van der Waals surface area contributed by atoms with E-state index in [2.05, 4.69) is 0 Å². The second-order valence-corrected chi connectivity index (χ2v) is 11.4. The summed E-state index contributed by atoms with van der Waals surface area (Å²) in [4.78, 5) is 20.6. The van der Waals surface area contributed by atoms with E-state index >= 15 is 0 Å². The molecule has 1 aliphatic rings. The first-order chi connectivity index (χ1) is 20.2. The molecule has 1 amide bonds. The summed E-state index contributed by atoms with van der Waals surface area (Å²) in [7, 11) is 3.24. The molecule has 0 N–H and O–H groups in total. The normalized spacial score (nSPS) is 15.0. The number of ether oxygens (including phenoxy) is 3. The third kappa shape index (κ3) is 6.59. The molecule has 9 heteroatoms. The summed E-state index contributed by atoms with van der Waals surface area (Å²) < 4.78 is 16.8. The average Bonchev–Trinajstić information content (AvgIpc) is 3.29. The molecule has 4 aromatic carbocycles. The molecule has 214 valence electrons. The number of aliphatic imine (C=N–C) groups is 1. The predicted molar refractivity (Wildman–Crippen MR) is 173 cm³/mol. The van der Waals surface area contributed by atoms with Gasteiger partial charge < -0.3 is 14.2 Å². The van der Waals surface area contributed by atoms with E-state index in [1.807, 2.05) is 86.7 Å². The first kappa shape index (κ1) is 29.6. The zero-order chi connectivity index (χ0) is 29.8. The molecule has 0 radical (unpaired) electrons. The highest BCUT2D eigenvalue weighted by molar-refractivity contribution is 8.19. The number of rotatable bonds is 8. The SMILES string of the molecule is COc1ccc(OC)c(COc2ccc(/C=C3\SC(=Nc4ccc(C)c(Cl)c4)N(c4ccc(C)c(Cl)c4)C3=O)cc2)c1. The lowest BCUT2D eigenvalue weighted by molar-refractivity contribution is -0.113. The van der Waals surface area contributed by atoms with Crippen molar-refractivity contribution in [3.8, 4) is 17.2 Å². The van der Waals surface area contributed by atoms with Gasteiger partial charge in [-0.15, -0.1) is 0 Å². The van der Waals surface area contributed by atoms with Gasteiger partial charge in [0.2, 0.25) is 0 Å². The highest BCUT2D eigenvalue weighted by atomic mass is 35.5. The molecule has 0 atom stereocenters. The number of anilines is 1. The van der Waals surface area contributed by atoms with Gasteiger partial charge in [-0.3, -0.25) is 9.69 Å². The lowest BCUT2D eigenvalue weighted by Crippen LogP contribution is -2.28. The van der Waals surface area contributed by atoms with Gasteiger partial charge >= 0.3 is 0 Å². The number of amidine groups is 1. The molecular formula is C33H28Cl2N2O4S. The zero-order valence-electron chi connectivity index (χ0n) is 23.5. The molecule has 1 aliphatic heterocycles. The van der Waals surface area contributed by atoms with E-state index in [0.717, 1.165) is 33.8 Å². The third-order valence-corrected chi connectivity index (χ3v) is 8.44. The molecule has 5 rings (SSSR count). The Labute approximate surface area is 259 Å². The van der Waals surface area contributed by atoms with Gasteiger partial charge in [0.05, 0.1) is 30.5 Å². The number of halogens is 2. The van der Waals surface area contributed by atoms with Crippen molar-refractivity contribution in [3.63, 3.8) is 0 Å². The van der Waals surface area contributed by atoms with Crippen molar-refractivity contribution in [1.82, 2.24) is 0 Å². The van der Waals surface area contributed by atoms with Gasteiger partial charge in [-0.2, -0.15) is 0 Å². The number of hydrogen-bond acceptors (Lipinski definition) is 6. The number of aryl methyl sites for hydroxylation is 2. The van der Waals surface area contributed by atoms with Crippen LogP contribution in [-0.4, -0.2) is 25.3 Å². The van der Waals surface area contributed by atoms with Gasteiger partial charge in [-0.1, -0.05) is 47.5 Å². The summed E-state index contributed by atoms with van der Waals surface area (Å²) in [5, 5.41) is 1.69. The Bertz CT molecular complexity index is 1700. The van der Waals surface area contributed by atoms with Crippen molar-refractivity contribution in [1.29, 1.82) is 0 Å². The Kier molecular flexibility index (Phi) is 9.12. The molecule has 1 heterocycles. The number of carbonyl (C=O) groups is 1. The van der Waals surface area contributed by atoms with Crippen molar-refractivity contribution in [2.75, 3.05) is 19.1 Å². The number of methoxy groups -OCH3 is 2. The first-order valence-electron chi connectivity index (χ1n) is 13.0. The fraction of sp³-hybridized carbons (Fsp3) is 0.152. The Balaban J connectivity index is 1.40. The maximum absolute atomic E-state index is 13.7. The fourth-order valence-electron chi connectivity index (χ4n) is 4.23. The second kappa shape index (κ2) is 12.9. The molecule has 0 aliphatic carbocycles. The van der Waals surface area contributed by atoms with Crippen molar-refractivity contribution >= 4 is 63.5 Å². The molecule has 0 aromatic heterocycles.